The van der Waals surface area contributed by atoms with Gasteiger partial charge in [-0.15, -0.1) is 0 Å². The van der Waals surface area contributed by atoms with Crippen LogP contribution in [0.2, 0.25) is 0 Å². The second-order valence-corrected chi connectivity index (χ2v) is 7.32. The van der Waals surface area contributed by atoms with Crippen molar-refractivity contribution in [1.29, 1.82) is 0 Å². The zero-order chi connectivity index (χ0) is 19.9. The highest BCUT2D eigenvalue weighted by molar-refractivity contribution is 5.97. The molecular weight excluding hydrogens is 353 g/mol. The molecule has 0 saturated carbocycles. The lowest BCUT2D eigenvalue weighted by Gasteiger charge is -2.38. The van der Waals surface area contributed by atoms with Crippen molar-refractivity contribution < 1.29 is 9.18 Å². The maximum atomic E-state index is 13.8. The van der Waals surface area contributed by atoms with Crippen molar-refractivity contribution in [3.63, 3.8) is 0 Å². The van der Waals surface area contributed by atoms with Gasteiger partial charge in [-0.1, -0.05) is 48.5 Å². The number of hydrogen-bond acceptors (Lipinski definition) is 3. The number of halogens is 1. The summed E-state index contributed by atoms with van der Waals surface area (Å²) >= 11 is 0. The van der Waals surface area contributed by atoms with E-state index in [4.69, 9.17) is 0 Å². The van der Waals surface area contributed by atoms with Gasteiger partial charge in [0.05, 0.1) is 6.04 Å². The van der Waals surface area contributed by atoms with Gasteiger partial charge in [0, 0.05) is 43.9 Å². The van der Waals surface area contributed by atoms with E-state index in [2.05, 4.69) is 34.3 Å². The van der Waals surface area contributed by atoms with Gasteiger partial charge in [-0.05, 0) is 31.7 Å². The predicted molar refractivity (Wildman–Crippen MR) is 111 cm³/mol. The number of nitrogens with zero attached hydrogens (tertiary/aromatic N) is 2. The number of benzene rings is 2. The Bertz CT molecular complexity index is 814. The van der Waals surface area contributed by atoms with Crippen LogP contribution in [0.4, 0.5) is 4.39 Å². The van der Waals surface area contributed by atoms with Gasteiger partial charge in [-0.3, -0.25) is 9.69 Å². The molecule has 2 aromatic carbocycles. The number of hydrogen-bond donors (Lipinski definition) is 1. The van der Waals surface area contributed by atoms with Crippen LogP contribution in [0.5, 0.6) is 0 Å². The summed E-state index contributed by atoms with van der Waals surface area (Å²) in [6, 6.07) is 16.9. The van der Waals surface area contributed by atoms with Crippen LogP contribution in [0.25, 0.3) is 6.08 Å². The van der Waals surface area contributed by atoms with E-state index in [-0.39, 0.29) is 17.8 Å². The van der Waals surface area contributed by atoms with Crippen molar-refractivity contribution in [3.05, 3.63) is 77.1 Å². The van der Waals surface area contributed by atoms with Gasteiger partial charge in [0.1, 0.15) is 5.82 Å². The Morgan fingerprint density at radius 2 is 1.71 bits per heavy atom. The third kappa shape index (κ3) is 5.27. The Kier molecular flexibility index (Phi) is 6.95. The molecule has 148 valence electrons. The Morgan fingerprint density at radius 3 is 2.39 bits per heavy atom. The molecular formula is C23H28FN3O. The highest BCUT2D eigenvalue weighted by atomic mass is 19.1. The fourth-order valence-electron chi connectivity index (χ4n) is 3.49. The summed E-state index contributed by atoms with van der Waals surface area (Å²) in [5, 5.41) is 3.04. The van der Waals surface area contributed by atoms with E-state index in [0.29, 0.717) is 17.7 Å². The second-order valence-electron chi connectivity index (χ2n) is 7.32. The standard InChI is InChI=1S/C23H28FN3O/c1-18(16-20-10-6-7-11-21(20)24)23(28)25-17-22(19-8-4-3-5-9-19)27-14-12-26(2)13-15-27/h3-11,16,22H,12-15,17H2,1-2H3,(H,25,28)/b18-16+. The number of carbonyl (C=O) groups is 1. The molecule has 0 aliphatic carbocycles. The molecule has 1 aliphatic heterocycles. The fourth-order valence-corrected chi connectivity index (χ4v) is 3.49. The molecule has 1 aliphatic rings. The first-order chi connectivity index (χ1) is 13.5. The van der Waals surface area contributed by atoms with Crippen molar-refractivity contribution >= 4 is 12.0 Å². The molecule has 1 unspecified atom stereocenters. The van der Waals surface area contributed by atoms with Crippen LogP contribution in [0.1, 0.15) is 24.1 Å². The third-order valence-electron chi connectivity index (χ3n) is 5.25. The highest BCUT2D eigenvalue weighted by Crippen LogP contribution is 2.21. The molecule has 4 nitrogen and oxygen atoms in total. The monoisotopic (exact) mass is 381 g/mol. The summed E-state index contributed by atoms with van der Waals surface area (Å²) in [7, 11) is 2.13. The van der Waals surface area contributed by atoms with E-state index in [9.17, 15) is 9.18 Å². The van der Waals surface area contributed by atoms with Crippen molar-refractivity contribution in [1.82, 2.24) is 15.1 Å². The molecule has 1 N–H and O–H groups in total. The van der Waals surface area contributed by atoms with E-state index in [0.717, 1.165) is 26.2 Å². The Balaban J connectivity index is 1.69. The minimum absolute atomic E-state index is 0.125. The Labute approximate surface area is 166 Å². The molecule has 0 bridgehead atoms. The van der Waals surface area contributed by atoms with E-state index in [1.165, 1.54) is 11.6 Å². The number of nitrogens with one attached hydrogen (secondary N) is 1. The summed E-state index contributed by atoms with van der Waals surface area (Å²) in [4.78, 5) is 17.3. The largest absolute Gasteiger partial charge is 0.350 e. The van der Waals surface area contributed by atoms with E-state index in [1.807, 2.05) is 18.2 Å². The van der Waals surface area contributed by atoms with Crippen LogP contribution in [-0.2, 0) is 4.79 Å². The molecule has 3 rings (SSSR count). The molecule has 1 saturated heterocycles. The molecule has 5 heteroatoms. The van der Waals surface area contributed by atoms with Gasteiger partial charge in [-0.25, -0.2) is 4.39 Å². The SMILES string of the molecule is C/C(=C\c1ccccc1F)C(=O)NCC(c1ccccc1)N1CCN(C)CC1. The number of piperazine rings is 1. The lowest BCUT2D eigenvalue weighted by atomic mass is 10.0. The van der Waals surface area contributed by atoms with Crippen molar-refractivity contribution in [2.75, 3.05) is 39.8 Å². The third-order valence-corrected chi connectivity index (χ3v) is 5.25. The van der Waals surface area contributed by atoms with Gasteiger partial charge < -0.3 is 10.2 Å². The van der Waals surface area contributed by atoms with E-state index < -0.39 is 0 Å². The molecule has 2 aromatic rings. The van der Waals surface area contributed by atoms with Gasteiger partial charge in [0.2, 0.25) is 5.91 Å². The fraction of sp³-hybridized carbons (Fsp3) is 0.348. The highest BCUT2D eigenvalue weighted by Gasteiger charge is 2.24. The minimum Gasteiger partial charge on any atom is -0.350 e. The van der Waals surface area contributed by atoms with E-state index in [1.54, 1.807) is 31.2 Å². The number of likely N-dealkylation sites (N-methyl/N-ethyl adjacent to an activating group) is 1. The molecule has 1 fully saturated rings. The molecule has 1 amide bonds. The average Bonchev–Trinajstić information content (AvgIpc) is 2.71. The number of rotatable bonds is 6. The normalized spacial score (nSPS) is 17.3. The molecule has 1 atom stereocenters. The average molecular weight is 381 g/mol. The predicted octanol–water partition coefficient (Wildman–Crippen LogP) is 3.33. The summed E-state index contributed by atoms with van der Waals surface area (Å²) in [5.41, 5.74) is 2.12. The maximum Gasteiger partial charge on any atom is 0.247 e. The number of carbonyl (C=O) groups excluding carboxylic acids is 1. The van der Waals surface area contributed by atoms with Crippen LogP contribution in [0, 0.1) is 5.82 Å². The van der Waals surface area contributed by atoms with Crippen molar-refractivity contribution in [2.24, 2.45) is 0 Å². The molecule has 0 spiro atoms. The lowest BCUT2D eigenvalue weighted by molar-refractivity contribution is -0.117. The summed E-state index contributed by atoms with van der Waals surface area (Å²) in [6.45, 7) is 6.21. The maximum absolute atomic E-state index is 13.8. The first-order valence-corrected chi connectivity index (χ1v) is 9.73. The zero-order valence-electron chi connectivity index (χ0n) is 16.6. The Morgan fingerprint density at radius 1 is 1.07 bits per heavy atom. The topological polar surface area (TPSA) is 35.6 Å². The molecule has 0 radical (unpaired) electrons. The first kappa shape index (κ1) is 20.2. The van der Waals surface area contributed by atoms with Gasteiger partial charge in [-0.2, -0.15) is 0 Å². The smallest absolute Gasteiger partial charge is 0.247 e. The van der Waals surface area contributed by atoms with Gasteiger partial charge in [0.15, 0.2) is 0 Å². The van der Waals surface area contributed by atoms with Crippen LogP contribution < -0.4 is 5.32 Å². The molecule has 28 heavy (non-hydrogen) atoms. The first-order valence-electron chi connectivity index (χ1n) is 9.73. The molecule has 0 aromatic heterocycles. The van der Waals surface area contributed by atoms with Crippen LogP contribution in [0.15, 0.2) is 60.2 Å². The summed E-state index contributed by atoms with van der Waals surface area (Å²) in [5.74, 6) is -0.493. The van der Waals surface area contributed by atoms with Gasteiger partial charge in [0.25, 0.3) is 0 Å². The van der Waals surface area contributed by atoms with Gasteiger partial charge >= 0.3 is 0 Å². The zero-order valence-corrected chi connectivity index (χ0v) is 16.6. The Hall–Kier alpha value is -2.50. The quantitative estimate of drug-likeness (QED) is 0.780. The van der Waals surface area contributed by atoms with Crippen LogP contribution >= 0.6 is 0 Å². The van der Waals surface area contributed by atoms with Crippen molar-refractivity contribution in [3.8, 4) is 0 Å². The summed E-state index contributed by atoms with van der Waals surface area (Å²) in [6.07, 6.45) is 1.60. The number of amides is 1. The second kappa shape index (κ2) is 9.62. The van der Waals surface area contributed by atoms with E-state index >= 15 is 0 Å². The van der Waals surface area contributed by atoms with Crippen molar-refractivity contribution in [2.45, 2.75) is 13.0 Å². The lowest BCUT2D eigenvalue weighted by Crippen LogP contribution is -2.48. The minimum atomic E-state index is -0.325. The molecule has 1 heterocycles. The summed E-state index contributed by atoms with van der Waals surface area (Å²) < 4.78 is 13.8. The van der Waals surface area contributed by atoms with Crippen LogP contribution in [0.3, 0.4) is 0 Å². The van der Waals surface area contributed by atoms with Crippen LogP contribution in [-0.4, -0.2) is 55.5 Å².